The largest absolute Gasteiger partial charge is 0.399 e. The molecule has 0 fully saturated rings. The molecule has 2 rings (SSSR count). The third-order valence-electron chi connectivity index (χ3n) is 3.27. The monoisotopic (exact) mass is 353 g/mol. The average molecular weight is 354 g/mol. The van der Waals surface area contributed by atoms with Crippen LogP contribution in [0.3, 0.4) is 0 Å². The molecule has 3 nitrogen and oxygen atoms in total. The Hall–Kier alpha value is -1.33. The molecule has 0 heterocycles. The lowest BCUT2D eigenvalue weighted by Gasteiger charge is -2.12. The Morgan fingerprint density at radius 3 is 2.25 bits per heavy atom. The molecule has 0 aliphatic heterocycles. The zero-order valence-corrected chi connectivity index (χ0v) is 13.8. The van der Waals surface area contributed by atoms with E-state index < -0.39 is 9.84 Å². The maximum atomic E-state index is 12.6. The van der Waals surface area contributed by atoms with E-state index in [1.807, 2.05) is 32.0 Å². The van der Waals surface area contributed by atoms with E-state index >= 15 is 0 Å². The van der Waals surface area contributed by atoms with Gasteiger partial charge in [-0.15, -0.1) is 0 Å². The molecule has 0 spiro atoms. The van der Waals surface area contributed by atoms with Gasteiger partial charge in [0.2, 0.25) is 0 Å². The Labute approximate surface area is 127 Å². The van der Waals surface area contributed by atoms with Crippen LogP contribution in [0.4, 0.5) is 5.69 Å². The summed E-state index contributed by atoms with van der Waals surface area (Å²) in [7, 11) is -3.41. The van der Waals surface area contributed by atoms with Gasteiger partial charge in [0, 0.05) is 10.2 Å². The van der Waals surface area contributed by atoms with Gasteiger partial charge in [-0.25, -0.2) is 8.42 Å². The Morgan fingerprint density at radius 2 is 1.70 bits per heavy atom. The number of anilines is 1. The van der Waals surface area contributed by atoms with Gasteiger partial charge < -0.3 is 5.73 Å². The molecule has 0 saturated carbocycles. The normalized spacial score (nSPS) is 11.6. The van der Waals surface area contributed by atoms with E-state index in [4.69, 9.17) is 5.73 Å². The van der Waals surface area contributed by atoms with Crippen LogP contribution in [0.2, 0.25) is 0 Å². The number of halogens is 1. The molecule has 5 heteroatoms. The highest BCUT2D eigenvalue weighted by molar-refractivity contribution is 9.10. The fourth-order valence-corrected chi connectivity index (χ4v) is 4.87. The Bertz CT molecular complexity index is 734. The second-order valence-corrected chi connectivity index (χ2v) is 7.63. The molecule has 2 N–H and O–H groups in total. The van der Waals surface area contributed by atoms with Gasteiger partial charge in [0.1, 0.15) is 0 Å². The first-order valence-electron chi connectivity index (χ1n) is 6.14. The molecule has 0 unspecified atom stereocenters. The lowest BCUT2D eigenvalue weighted by molar-refractivity contribution is 0.594. The van der Waals surface area contributed by atoms with Gasteiger partial charge >= 0.3 is 0 Å². The highest BCUT2D eigenvalue weighted by Gasteiger charge is 2.20. The Kier molecular flexibility index (Phi) is 4.20. The van der Waals surface area contributed by atoms with Crippen LogP contribution in [-0.2, 0) is 15.6 Å². The van der Waals surface area contributed by atoms with Crippen LogP contribution >= 0.6 is 15.9 Å². The van der Waals surface area contributed by atoms with E-state index in [0.717, 1.165) is 16.7 Å². The van der Waals surface area contributed by atoms with Crippen LogP contribution in [0.1, 0.15) is 16.7 Å². The van der Waals surface area contributed by atoms with Crippen LogP contribution < -0.4 is 5.73 Å². The standard InChI is InChI=1S/C15H16BrNO2S/c1-10-4-3-5-11(2)13(10)9-20(18,19)15-7-6-12(17)8-14(15)16/h3-8H,9,17H2,1-2H3. The molecular weight excluding hydrogens is 338 g/mol. The van der Waals surface area contributed by atoms with Gasteiger partial charge in [0.05, 0.1) is 10.6 Å². The van der Waals surface area contributed by atoms with Gasteiger partial charge in [-0.1, -0.05) is 18.2 Å². The molecule has 0 aliphatic carbocycles. The van der Waals surface area contributed by atoms with Gasteiger partial charge in [0.25, 0.3) is 0 Å². The zero-order valence-electron chi connectivity index (χ0n) is 11.4. The highest BCUT2D eigenvalue weighted by Crippen LogP contribution is 2.28. The number of nitrogens with two attached hydrogens (primary N) is 1. The van der Waals surface area contributed by atoms with E-state index in [2.05, 4.69) is 15.9 Å². The lowest BCUT2D eigenvalue weighted by Crippen LogP contribution is -2.08. The van der Waals surface area contributed by atoms with Crippen LogP contribution in [0.15, 0.2) is 45.8 Å². The van der Waals surface area contributed by atoms with Crippen molar-refractivity contribution in [3.05, 3.63) is 57.6 Å². The molecule has 2 aromatic rings. The molecule has 106 valence electrons. The van der Waals surface area contributed by atoms with E-state index in [1.54, 1.807) is 18.2 Å². The second kappa shape index (κ2) is 5.58. The van der Waals surface area contributed by atoms with Crippen molar-refractivity contribution in [2.24, 2.45) is 0 Å². The van der Waals surface area contributed by atoms with Crippen LogP contribution in [0, 0.1) is 13.8 Å². The van der Waals surface area contributed by atoms with E-state index in [1.165, 1.54) is 0 Å². The van der Waals surface area contributed by atoms with Gasteiger partial charge in [-0.3, -0.25) is 0 Å². The molecule has 0 aromatic heterocycles. The van der Waals surface area contributed by atoms with E-state index in [0.29, 0.717) is 10.2 Å². The number of rotatable bonds is 3. The first-order valence-corrected chi connectivity index (χ1v) is 8.58. The number of hydrogen-bond donors (Lipinski definition) is 1. The summed E-state index contributed by atoms with van der Waals surface area (Å²) in [6, 6.07) is 10.5. The number of aryl methyl sites for hydroxylation is 2. The van der Waals surface area contributed by atoms with Gasteiger partial charge in [-0.2, -0.15) is 0 Å². The molecule has 0 aliphatic rings. The third-order valence-corrected chi connectivity index (χ3v) is 5.88. The maximum absolute atomic E-state index is 12.6. The molecule has 20 heavy (non-hydrogen) atoms. The van der Waals surface area contributed by atoms with Crippen LogP contribution in [0.5, 0.6) is 0 Å². The van der Waals surface area contributed by atoms with Crippen LogP contribution in [0.25, 0.3) is 0 Å². The Morgan fingerprint density at radius 1 is 1.10 bits per heavy atom. The summed E-state index contributed by atoms with van der Waals surface area (Å²) in [5, 5.41) is 0. The van der Waals surface area contributed by atoms with Crippen molar-refractivity contribution in [3.63, 3.8) is 0 Å². The average Bonchev–Trinajstić information content (AvgIpc) is 2.33. The quantitative estimate of drug-likeness (QED) is 0.857. The molecule has 2 aromatic carbocycles. The predicted molar refractivity (Wildman–Crippen MR) is 85.4 cm³/mol. The first kappa shape index (κ1) is 15.1. The summed E-state index contributed by atoms with van der Waals surface area (Å²) in [5.41, 5.74) is 9.01. The lowest BCUT2D eigenvalue weighted by atomic mass is 10.1. The summed E-state index contributed by atoms with van der Waals surface area (Å²) in [6.07, 6.45) is 0. The molecule has 0 amide bonds. The number of hydrogen-bond acceptors (Lipinski definition) is 3. The third kappa shape index (κ3) is 3.04. The van der Waals surface area contributed by atoms with Crippen LogP contribution in [-0.4, -0.2) is 8.42 Å². The van der Waals surface area contributed by atoms with E-state index in [9.17, 15) is 8.42 Å². The summed E-state index contributed by atoms with van der Waals surface area (Å²) < 4.78 is 25.6. The number of benzene rings is 2. The highest BCUT2D eigenvalue weighted by atomic mass is 79.9. The van der Waals surface area contributed by atoms with Crippen molar-refractivity contribution in [2.45, 2.75) is 24.5 Å². The topological polar surface area (TPSA) is 60.2 Å². The number of sulfone groups is 1. The van der Waals surface area contributed by atoms with E-state index in [-0.39, 0.29) is 10.6 Å². The summed E-state index contributed by atoms with van der Waals surface area (Å²) in [5.74, 6) is -0.00593. The molecule has 0 radical (unpaired) electrons. The summed E-state index contributed by atoms with van der Waals surface area (Å²) in [4.78, 5) is 0.273. The molecule has 0 bridgehead atoms. The van der Waals surface area contributed by atoms with Crippen molar-refractivity contribution < 1.29 is 8.42 Å². The van der Waals surface area contributed by atoms with Crippen molar-refractivity contribution in [3.8, 4) is 0 Å². The fraction of sp³-hybridized carbons (Fsp3) is 0.200. The first-order chi connectivity index (χ1) is 9.31. The maximum Gasteiger partial charge on any atom is 0.183 e. The fourth-order valence-electron chi connectivity index (χ4n) is 2.11. The van der Waals surface area contributed by atoms with Crippen molar-refractivity contribution >= 4 is 31.5 Å². The minimum atomic E-state index is -3.41. The second-order valence-electron chi connectivity index (χ2n) is 4.82. The zero-order chi connectivity index (χ0) is 14.9. The summed E-state index contributed by atoms with van der Waals surface area (Å²) in [6.45, 7) is 3.85. The summed E-state index contributed by atoms with van der Waals surface area (Å²) >= 11 is 3.27. The van der Waals surface area contributed by atoms with Crippen molar-refractivity contribution in [1.82, 2.24) is 0 Å². The minimum Gasteiger partial charge on any atom is -0.399 e. The predicted octanol–water partition coefficient (Wildman–Crippen LogP) is 3.62. The van der Waals surface area contributed by atoms with Crippen molar-refractivity contribution in [1.29, 1.82) is 0 Å². The van der Waals surface area contributed by atoms with Gasteiger partial charge in [0.15, 0.2) is 9.84 Å². The smallest absolute Gasteiger partial charge is 0.183 e. The van der Waals surface area contributed by atoms with Gasteiger partial charge in [-0.05, 0) is 64.7 Å². The Balaban J connectivity index is 2.46. The number of nitrogen functional groups attached to an aromatic ring is 1. The molecule has 0 saturated heterocycles. The molecular formula is C15H16BrNO2S. The molecule has 0 atom stereocenters. The van der Waals surface area contributed by atoms with Crippen molar-refractivity contribution in [2.75, 3.05) is 5.73 Å². The minimum absolute atomic E-state index is 0.00593. The SMILES string of the molecule is Cc1cccc(C)c1CS(=O)(=O)c1ccc(N)cc1Br.